The quantitative estimate of drug-likeness (QED) is 0.817. The second kappa shape index (κ2) is 4.68. The lowest BCUT2D eigenvalue weighted by molar-refractivity contribution is 0.415. The summed E-state index contributed by atoms with van der Waals surface area (Å²) >= 11 is 6.05. The van der Waals surface area contributed by atoms with Crippen LogP contribution in [0.25, 0.3) is 11.1 Å². The third-order valence-electron chi connectivity index (χ3n) is 2.61. The van der Waals surface area contributed by atoms with Crippen LogP contribution in [0.3, 0.4) is 0 Å². The minimum Gasteiger partial charge on any atom is -0.497 e. The molecule has 0 saturated heterocycles. The number of ether oxygens (including phenoxy) is 1. The lowest BCUT2D eigenvalue weighted by Gasteiger charge is -2.09. The number of nitrogen functional groups attached to an aromatic ring is 1. The molecule has 0 fully saturated rings. The summed E-state index contributed by atoms with van der Waals surface area (Å²) in [5.41, 5.74) is 9.74. The van der Waals surface area contributed by atoms with Crippen molar-refractivity contribution in [1.82, 2.24) is 0 Å². The molecule has 2 N–H and O–H groups in total. The number of hydrogen-bond donors (Lipinski definition) is 1. The number of hydrogen-bond acceptors (Lipinski definition) is 2. The molecule has 0 aromatic heterocycles. The molecule has 0 saturated carbocycles. The molecule has 0 aliphatic carbocycles. The van der Waals surface area contributed by atoms with Crippen molar-refractivity contribution in [2.45, 2.75) is 6.92 Å². The molecule has 3 heteroatoms. The molecule has 2 aromatic rings. The van der Waals surface area contributed by atoms with Crippen LogP contribution in [0.1, 0.15) is 5.56 Å². The molecule has 0 radical (unpaired) electrons. The van der Waals surface area contributed by atoms with Gasteiger partial charge in [0.1, 0.15) is 5.75 Å². The average Bonchev–Trinajstić information content (AvgIpc) is 2.28. The largest absolute Gasteiger partial charge is 0.497 e. The molecule has 2 aromatic carbocycles. The number of aryl methyl sites for hydroxylation is 1. The highest BCUT2D eigenvalue weighted by Gasteiger charge is 2.06. The molecule has 0 heterocycles. The van der Waals surface area contributed by atoms with Crippen molar-refractivity contribution in [2.24, 2.45) is 0 Å². The summed E-state index contributed by atoms with van der Waals surface area (Å²) in [4.78, 5) is 0. The van der Waals surface area contributed by atoms with E-state index in [4.69, 9.17) is 22.1 Å². The highest BCUT2D eigenvalue weighted by atomic mass is 35.5. The van der Waals surface area contributed by atoms with Crippen molar-refractivity contribution in [3.05, 3.63) is 47.0 Å². The Hall–Kier alpha value is -1.67. The number of anilines is 1. The summed E-state index contributed by atoms with van der Waals surface area (Å²) in [5, 5.41) is 0.710. The van der Waals surface area contributed by atoms with E-state index < -0.39 is 0 Å². The Balaban J connectivity index is 2.58. The third-order valence-corrected chi connectivity index (χ3v) is 2.83. The Morgan fingerprint density at radius 1 is 1.12 bits per heavy atom. The number of methoxy groups -OCH3 is 1. The van der Waals surface area contributed by atoms with E-state index in [9.17, 15) is 0 Å². The van der Waals surface area contributed by atoms with Crippen LogP contribution in [0.15, 0.2) is 36.4 Å². The van der Waals surface area contributed by atoms with Crippen LogP contribution < -0.4 is 10.5 Å². The Kier molecular flexibility index (Phi) is 3.25. The number of nitrogens with two attached hydrogens (primary N) is 1. The topological polar surface area (TPSA) is 35.2 Å². The molecule has 0 amide bonds. The van der Waals surface area contributed by atoms with Gasteiger partial charge in [-0.3, -0.25) is 0 Å². The minimum absolute atomic E-state index is 0.710. The molecule has 2 rings (SSSR count). The van der Waals surface area contributed by atoms with Gasteiger partial charge in [-0.05, 0) is 48.4 Å². The van der Waals surface area contributed by atoms with Crippen LogP contribution in [0.2, 0.25) is 5.02 Å². The lowest BCUT2D eigenvalue weighted by atomic mass is 10.0. The highest BCUT2D eigenvalue weighted by Crippen LogP contribution is 2.32. The van der Waals surface area contributed by atoms with E-state index in [1.54, 1.807) is 7.11 Å². The first-order valence-electron chi connectivity index (χ1n) is 5.31. The van der Waals surface area contributed by atoms with Crippen molar-refractivity contribution < 1.29 is 4.74 Å². The summed E-state index contributed by atoms with van der Waals surface area (Å²) in [6, 6.07) is 11.5. The molecular weight excluding hydrogens is 234 g/mol. The SMILES string of the molecule is COc1ccc(N)c(-c2cc(C)cc(Cl)c2)c1. The number of rotatable bonds is 2. The van der Waals surface area contributed by atoms with Crippen molar-refractivity contribution in [2.75, 3.05) is 12.8 Å². The summed E-state index contributed by atoms with van der Waals surface area (Å²) in [6.07, 6.45) is 0. The van der Waals surface area contributed by atoms with E-state index in [0.29, 0.717) is 10.7 Å². The van der Waals surface area contributed by atoms with Gasteiger partial charge in [-0.2, -0.15) is 0 Å². The second-order valence-corrected chi connectivity index (χ2v) is 4.41. The van der Waals surface area contributed by atoms with E-state index in [0.717, 1.165) is 22.4 Å². The van der Waals surface area contributed by atoms with Crippen molar-refractivity contribution in [1.29, 1.82) is 0 Å². The van der Waals surface area contributed by atoms with Crippen LogP contribution in [-0.4, -0.2) is 7.11 Å². The van der Waals surface area contributed by atoms with Gasteiger partial charge in [-0.1, -0.05) is 17.7 Å². The summed E-state index contributed by atoms with van der Waals surface area (Å²) in [7, 11) is 1.64. The minimum atomic E-state index is 0.710. The normalized spacial score (nSPS) is 10.3. The standard InChI is InChI=1S/C14H14ClNO/c1-9-5-10(7-11(15)6-9)13-8-12(17-2)3-4-14(13)16/h3-8H,16H2,1-2H3. The maximum Gasteiger partial charge on any atom is 0.119 e. The molecule has 0 atom stereocenters. The van der Waals surface area contributed by atoms with Gasteiger partial charge < -0.3 is 10.5 Å². The van der Waals surface area contributed by atoms with E-state index in [2.05, 4.69) is 6.07 Å². The van der Waals surface area contributed by atoms with Crippen molar-refractivity contribution >= 4 is 17.3 Å². The molecule has 0 unspecified atom stereocenters. The Bertz CT molecular complexity index is 532. The lowest BCUT2D eigenvalue weighted by Crippen LogP contribution is -1.92. The van der Waals surface area contributed by atoms with Gasteiger partial charge in [0.05, 0.1) is 7.11 Å². The third kappa shape index (κ3) is 2.53. The van der Waals surface area contributed by atoms with Crippen LogP contribution >= 0.6 is 11.6 Å². The molecular formula is C14H14ClNO. The smallest absolute Gasteiger partial charge is 0.119 e. The van der Waals surface area contributed by atoms with E-state index in [-0.39, 0.29) is 0 Å². The first-order chi connectivity index (χ1) is 8.10. The van der Waals surface area contributed by atoms with Gasteiger partial charge in [-0.15, -0.1) is 0 Å². The number of halogens is 1. The predicted octanol–water partition coefficient (Wildman–Crippen LogP) is 3.91. The summed E-state index contributed by atoms with van der Waals surface area (Å²) in [5.74, 6) is 0.784. The molecule has 0 spiro atoms. The van der Waals surface area contributed by atoms with E-state index in [1.807, 2.05) is 37.3 Å². The monoisotopic (exact) mass is 247 g/mol. The zero-order valence-electron chi connectivity index (χ0n) is 9.83. The van der Waals surface area contributed by atoms with Gasteiger partial charge in [0, 0.05) is 16.3 Å². The first kappa shape index (κ1) is 11.8. The highest BCUT2D eigenvalue weighted by molar-refractivity contribution is 6.31. The first-order valence-corrected chi connectivity index (χ1v) is 5.69. The van der Waals surface area contributed by atoms with Crippen molar-refractivity contribution in [3.8, 4) is 16.9 Å². The van der Waals surface area contributed by atoms with Crippen LogP contribution in [0.4, 0.5) is 5.69 Å². The zero-order valence-corrected chi connectivity index (χ0v) is 10.6. The van der Waals surface area contributed by atoms with Gasteiger partial charge in [0.2, 0.25) is 0 Å². The molecule has 2 nitrogen and oxygen atoms in total. The number of benzene rings is 2. The van der Waals surface area contributed by atoms with E-state index in [1.165, 1.54) is 0 Å². The van der Waals surface area contributed by atoms with E-state index >= 15 is 0 Å². The summed E-state index contributed by atoms with van der Waals surface area (Å²) < 4.78 is 5.20. The maximum absolute atomic E-state index is 6.05. The zero-order chi connectivity index (χ0) is 12.4. The van der Waals surface area contributed by atoms with Crippen LogP contribution in [0, 0.1) is 6.92 Å². The molecule has 0 aliphatic rings. The summed E-state index contributed by atoms with van der Waals surface area (Å²) in [6.45, 7) is 2.01. The second-order valence-electron chi connectivity index (χ2n) is 3.97. The molecule has 0 aliphatic heterocycles. The molecule has 88 valence electrons. The van der Waals surface area contributed by atoms with Crippen molar-refractivity contribution in [3.63, 3.8) is 0 Å². The fourth-order valence-electron chi connectivity index (χ4n) is 1.80. The fraction of sp³-hybridized carbons (Fsp3) is 0.143. The Morgan fingerprint density at radius 3 is 2.53 bits per heavy atom. The van der Waals surface area contributed by atoms with Crippen LogP contribution in [0.5, 0.6) is 5.75 Å². The van der Waals surface area contributed by atoms with Gasteiger partial charge in [0.15, 0.2) is 0 Å². The fourth-order valence-corrected chi connectivity index (χ4v) is 2.09. The predicted molar refractivity (Wildman–Crippen MR) is 72.6 cm³/mol. The molecule has 0 bridgehead atoms. The molecule has 17 heavy (non-hydrogen) atoms. The van der Waals surface area contributed by atoms with Crippen LogP contribution in [-0.2, 0) is 0 Å². The maximum atomic E-state index is 6.05. The Morgan fingerprint density at radius 2 is 1.88 bits per heavy atom. The Labute approximate surface area is 106 Å². The van der Waals surface area contributed by atoms with Gasteiger partial charge in [-0.25, -0.2) is 0 Å². The van der Waals surface area contributed by atoms with Gasteiger partial charge >= 0.3 is 0 Å². The van der Waals surface area contributed by atoms with Gasteiger partial charge in [0.25, 0.3) is 0 Å². The average molecular weight is 248 g/mol.